The van der Waals surface area contributed by atoms with E-state index in [2.05, 4.69) is 5.32 Å². The molecule has 3 aromatic rings. The summed E-state index contributed by atoms with van der Waals surface area (Å²) in [6, 6.07) is 20.1. The van der Waals surface area contributed by atoms with Gasteiger partial charge in [-0.3, -0.25) is 9.10 Å². The average molecular weight is 544 g/mol. The van der Waals surface area contributed by atoms with Gasteiger partial charge in [0, 0.05) is 23.1 Å². The number of nitrogens with zero attached hydrogens (tertiary/aromatic N) is 1. The van der Waals surface area contributed by atoms with Crippen molar-refractivity contribution in [2.75, 3.05) is 23.1 Å². The van der Waals surface area contributed by atoms with Crippen LogP contribution >= 0.6 is 46.6 Å². The molecule has 0 fully saturated rings. The van der Waals surface area contributed by atoms with Crippen molar-refractivity contribution in [2.45, 2.75) is 10.6 Å². The Balaban J connectivity index is 1.66. The van der Waals surface area contributed by atoms with Crippen LogP contribution < -0.4 is 9.62 Å². The van der Waals surface area contributed by atoms with Gasteiger partial charge >= 0.3 is 0 Å². The highest BCUT2D eigenvalue weighted by molar-refractivity contribution is 7.98. The standard InChI is InChI=1S/C23H21Cl3N2O3S2/c24-18-11-9-17(10-12-18)16-32-14-13-27-22(29)15-28(21-8-4-7-20(25)23(21)26)33(30,31)19-5-2-1-3-6-19/h1-12H,13-16H2,(H,27,29). The van der Waals surface area contributed by atoms with Crippen molar-refractivity contribution >= 4 is 68.2 Å². The molecule has 5 nitrogen and oxygen atoms in total. The Morgan fingerprint density at radius 3 is 2.30 bits per heavy atom. The zero-order valence-corrected chi connectivity index (χ0v) is 21.3. The molecule has 0 atom stereocenters. The fourth-order valence-electron chi connectivity index (χ4n) is 2.92. The monoisotopic (exact) mass is 542 g/mol. The second-order valence-electron chi connectivity index (χ2n) is 6.93. The van der Waals surface area contributed by atoms with Gasteiger partial charge in [-0.05, 0) is 42.0 Å². The molecular formula is C23H21Cl3N2O3S2. The quantitative estimate of drug-likeness (QED) is 0.324. The number of nitrogens with one attached hydrogen (secondary N) is 1. The molecule has 33 heavy (non-hydrogen) atoms. The van der Waals surface area contributed by atoms with E-state index in [0.717, 1.165) is 15.6 Å². The maximum absolute atomic E-state index is 13.3. The fraction of sp³-hybridized carbons (Fsp3) is 0.174. The number of carbonyl (C=O) groups is 1. The summed E-state index contributed by atoms with van der Waals surface area (Å²) < 4.78 is 27.6. The van der Waals surface area contributed by atoms with Gasteiger partial charge in [0.05, 0.1) is 20.6 Å². The van der Waals surface area contributed by atoms with Crippen molar-refractivity contribution in [2.24, 2.45) is 0 Å². The van der Waals surface area contributed by atoms with Crippen LogP contribution in [-0.2, 0) is 20.6 Å². The number of hydrogen-bond donors (Lipinski definition) is 1. The summed E-state index contributed by atoms with van der Waals surface area (Å²) in [5.74, 6) is 0.995. The van der Waals surface area contributed by atoms with Gasteiger partial charge in [0.2, 0.25) is 5.91 Å². The van der Waals surface area contributed by atoms with Crippen molar-refractivity contribution in [1.82, 2.24) is 5.32 Å². The van der Waals surface area contributed by atoms with E-state index in [1.165, 1.54) is 18.2 Å². The van der Waals surface area contributed by atoms with E-state index in [-0.39, 0.29) is 20.6 Å². The Bertz CT molecular complexity index is 1190. The van der Waals surface area contributed by atoms with Gasteiger partial charge < -0.3 is 5.32 Å². The molecule has 0 spiro atoms. The third-order valence-electron chi connectivity index (χ3n) is 4.57. The second-order valence-corrected chi connectivity index (χ2v) is 11.1. The molecule has 10 heteroatoms. The molecule has 0 bridgehead atoms. The van der Waals surface area contributed by atoms with Crippen LogP contribution in [0.2, 0.25) is 15.1 Å². The van der Waals surface area contributed by atoms with E-state index in [0.29, 0.717) is 17.3 Å². The van der Waals surface area contributed by atoms with Crippen molar-refractivity contribution in [3.8, 4) is 0 Å². The van der Waals surface area contributed by atoms with Crippen molar-refractivity contribution in [3.63, 3.8) is 0 Å². The Hall–Kier alpha value is -1.90. The third kappa shape index (κ3) is 7.04. The first-order valence-corrected chi connectivity index (χ1v) is 13.6. The Morgan fingerprint density at radius 1 is 0.909 bits per heavy atom. The highest BCUT2D eigenvalue weighted by atomic mass is 35.5. The summed E-state index contributed by atoms with van der Waals surface area (Å²) in [6.45, 7) is -0.0429. The minimum atomic E-state index is -4.05. The Kier molecular flexibility index (Phi) is 9.35. The van der Waals surface area contributed by atoms with Gasteiger partial charge in [-0.2, -0.15) is 11.8 Å². The SMILES string of the molecule is O=C(CN(c1cccc(Cl)c1Cl)S(=O)(=O)c1ccccc1)NCCSCc1ccc(Cl)cc1. The summed E-state index contributed by atoms with van der Waals surface area (Å²) in [7, 11) is -4.05. The van der Waals surface area contributed by atoms with E-state index in [9.17, 15) is 13.2 Å². The number of amides is 1. The molecule has 0 aliphatic carbocycles. The van der Waals surface area contributed by atoms with Crippen LogP contribution in [0.15, 0.2) is 77.7 Å². The molecule has 0 saturated heterocycles. The van der Waals surface area contributed by atoms with Crippen LogP contribution in [0.5, 0.6) is 0 Å². The minimum absolute atomic E-state index is 0.0485. The number of thioether (sulfide) groups is 1. The molecule has 3 rings (SSSR count). The topological polar surface area (TPSA) is 66.5 Å². The number of sulfonamides is 1. The van der Waals surface area contributed by atoms with Gasteiger partial charge in [0.1, 0.15) is 6.54 Å². The molecule has 0 saturated carbocycles. The van der Waals surface area contributed by atoms with Gasteiger partial charge in [-0.1, -0.05) is 71.2 Å². The lowest BCUT2D eigenvalue weighted by Gasteiger charge is -2.25. The van der Waals surface area contributed by atoms with Crippen LogP contribution in [0, 0.1) is 0 Å². The third-order valence-corrected chi connectivity index (χ3v) is 8.43. The first kappa shape index (κ1) is 25.7. The molecule has 0 radical (unpaired) electrons. The van der Waals surface area contributed by atoms with Crippen LogP contribution in [-0.4, -0.2) is 33.2 Å². The van der Waals surface area contributed by atoms with Gasteiger partial charge in [-0.25, -0.2) is 8.42 Å². The second kappa shape index (κ2) is 12.0. The molecule has 0 aliphatic rings. The zero-order valence-electron chi connectivity index (χ0n) is 17.4. The maximum atomic E-state index is 13.3. The summed E-state index contributed by atoms with van der Waals surface area (Å²) in [6.07, 6.45) is 0. The first-order valence-electron chi connectivity index (χ1n) is 9.90. The number of halogens is 3. The predicted octanol–water partition coefficient (Wildman–Crippen LogP) is 5.89. The van der Waals surface area contributed by atoms with Crippen LogP contribution in [0.25, 0.3) is 0 Å². The van der Waals surface area contributed by atoms with Gasteiger partial charge in [0.25, 0.3) is 10.0 Å². The normalized spacial score (nSPS) is 11.2. The Morgan fingerprint density at radius 2 is 1.61 bits per heavy atom. The number of rotatable bonds is 10. The maximum Gasteiger partial charge on any atom is 0.264 e. The van der Waals surface area contributed by atoms with Crippen molar-refractivity contribution < 1.29 is 13.2 Å². The summed E-state index contributed by atoms with van der Waals surface area (Å²) in [4.78, 5) is 12.7. The molecule has 0 aromatic heterocycles. The highest BCUT2D eigenvalue weighted by Crippen LogP contribution is 2.35. The van der Waals surface area contributed by atoms with Gasteiger partial charge in [0.15, 0.2) is 0 Å². The number of hydrogen-bond acceptors (Lipinski definition) is 4. The molecule has 174 valence electrons. The minimum Gasteiger partial charge on any atom is -0.354 e. The lowest BCUT2D eigenvalue weighted by Crippen LogP contribution is -2.41. The van der Waals surface area contributed by atoms with E-state index in [1.54, 1.807) is 42.1 Å². The summed E-state index contributed by atoms with van der Waals surface area (Å²) in [5.41, 5.74) is 1.27. The lowest BCUT2D eigenvalue weighted by molar-refractivity contribution is -0.119. The van der Waals surface area contributed by atoms with Crippen LogP contribution in [0.1, 0.15) is 5.56 Å². The molecule has 1 N–H and O–H groups in total. The molecule has 1 amide bonds. The van der Waals surface area contributed by atoms with E-state index < -0.39 is 22.5 Å². The Labute approximate surface area is 213 Å². The molecule has 0 aliphatic heterocycles. The molecule has 0 heterocycles. The highest BCUT2D eigenvalue weighted by Gasteiger charge is 2.29. The van der Waals surface area contributed by atoms with Crippen molar-refractivity contribution in [1.29, 1.82) is 0 Å². The fourth-order valence-corrected chi connectivity index (χ4v) is 5.77. The van der Waals surface area contributed by atoms with Gasteiger partial charge in [-0.15, -0.1) is 0 Å². The summed E-state index contributed by atoms with van der Waals surface area (Å²) in [5, 5.41) is 3.71. The molecular weight excluding hydrogens is 523 g/mol. The van der Waals surface area contributed by atoms with Crippen molar-refractivity contribution in [3.05, 3.63) is 93.4 Å². The average Bonchev–Trinajstić information content (AvgIpc) is 2.81. The number of anilines is 1. The summed E-state index contributed by atoms with van der Waals surface area (Å²) >= 11 is 19.9. The van der Waals surface area contributed by atoms with E-state index in [1.807, 2.05) is 24.3 Å². The van der Waals surface area contributed by atoms with E-state index in [4.69, 9.17) is 34.8 Å². The lowest BCUT2D eigenvalue weighted by atomic mass is 10.2. The number of benzene rings is 3. The van der Waals surface area contributed by atoms with Crippen LogP contribution in [0.4, 0.5) is 5.69 Å². The predicted molar refractivity (Wildman–Crippen MR) is 138 cm³/mol. The number of carbonyl (C=O) groups excluding carboxylic acids is 1. The molecule has 0 unspecified atom stereocenters. The molecule has 3 aromatic carbocycles. The largest absolute Gasteiger partial charge is 0.354 e. The first-order chi connectivity index (χ1) is 15.8. The zero-order chi connectivity index (χ0) is 23.8. The van der Waals surface area contributed by atoms with Crippen LogP contribution in [0.3, 0.4) is 0 Å². The smallest absolute Gasteiger partial charge is 0.264 e. The van der Waals surface area contributed by atoms with E-state index >= 15 is 0 Å².